The number of carbonyl (C=O) groups excluding carboxylic acids is 2. The Balaban J connectivity index is 2.46. The summed E-state index contributed by atoms with van der Waals surface area (Å²) in [6, 6.07) is -2.96. The Morgan fingerprint density at radius 2 is 2.05 bits per heavy atom. The minimum Gasteiger partial charge on any atom is -0.480 e. The van der Waals surface area contributed by atoms with Gasteiger partial charge in [0, 0.05) is 17.9 Å². The van der Waals surface area contributed by atoms with Crippen LogP contribution in [0.1, 0.15) is 12.8 Å². The molecule has 0 bridgehead atoms. The zero-order valence-corrected chi connectivity index (χ0v) is 11.9. The molecule has 0 aromatic heterocycles. The second-order valence-electron chi connectivity index (χ2n) is 4.54. The minimum absolute atomic E-state index is 0.0413. The van der Waals surface area contributed by atoms with Crippen LogP contribution in [0.3, 0.4) is 0 Å². The number of thioether (sulfide) groups is 1. The molecule has 0 aliphatic carbocycles. The Labute approximate surface area is 124 Å². The maximum Gasteiger partial charge on any atom is 0.327 e. The van der Waals surface area contributed by atoms with Crippen molar-refractivity contribution in [3.63, 3.8) is 0 Å². The van der Waals surface area contributed by atoms with Gasteiger partial charge in [0.25, 0.3) is 0 Å². The van der Waals surface area contributed by atoms with E-state index < -0.39 is 41.9 Å². The smallest absolute Gasteiger partial charge is 0.327 e. The van der Waals surface area contributed by atoms with Crippen molar-refractivity contribution >= 4 is 35.5 Å². The molecule has 1 aliphatic heterocycles. The van der Waals surface area contributed by atoms with E-state index in [1.165, 1.54) is 11.8 Å². The van der Waals surface area contributed by atoms with Crippen LogP contribution in [0.4, 0.5) is 0 Å². The maximum atomic E-state index is 11.8. The molecule has 21 heavy (non-hydrogen) atoms. The number of carboxylic acids is 2. The normalized spacial score (nSPS) is 23.6. The van der Waals surface area contributed by atoms with Crippen LogP contribution in [-0.2, 0) is 19.2 Å². The van der Waals surface area contributed by atoms with E-state index in [0.29, 0.717) is 0 Å². The molecule has 9 nitrogen and oxygen atoms in total. The third kappa shape index (κ3) is 5.60. The van der Waals surface area contributed by atoms with Crippen molar-refractivity contribution in [2.24, 2.45) is 5.73 Å². The van der Waals surface area contributed by atoms with E-state index in [9.17, 15) is 19.2 Å². The number of nitrogens with one attached hydrogen (secondary N) is 2. The van der Waals surface area contributed by atoms with Crippen molar-refractivity contribution in [3.05, 3.63) is 0 Å². The third-order valence-corrected chi connectivity index (χ3v) is 3.97. The number of carboxylic acid groups (broad SMARTS) is 2. The largest absolute Gasteiger partial charge is 0.480 e. The lowest BCUT2D eigenvalue weighted by atomic mass is 10.1. The summed E-state index contributed by atoms with van der Waals surface area (Å²) >= 11 is 1.24. The molecule has 0 unspecified atom stereocenters. The number of amides is 2. The molecule has 1 aliphatic rings. The standard InChI is InChI=1S/C11H17N3O6S/c12-5(10(17)18)1-2-8(15)13-6-3-21-4-7(11(19)20)14-9(6)16/h5-7H,1-4,12H2,(H,13,15)(H,14,16)(H,17,18)(H,19,20)/t5-,6-,7-/m0/s1. The van der Waals surface area contributed by atoms with E-state index in [4.69, 9.17) is 15.9 Å². The van der Waals surface area contributed by atoms with Crippen molar-refractivity contribution in [2.45, 2.75) is 31.0 Å². The van der Waals surface area contributed by atoms with Crippen molar-refractivity contribution in [1.82, 2.24) is 10.6 Å². The van der Waals surface area contributed by atoms with E-state index in [-0.39, 0.29) is 24.3 Å². The summed E-state index contributed by atoms with van der Waals surface area (Å²) in [6.07, 6.45) is -0.162. The fraction of sp³-hybridized carbons (Fsp3) is 0.636. The third-order valence-electron chi connectivity index (χ3n) is 2.83. The van der Waals surface area contributed by atoms with Gasteiger partial charge in [-0.05, 0) is 6.42 Å². The second kappa shape index (κ2) is 7.84. The Hall–Kier alpha value is -1.81. The molecule has 1 heterocycles. The highest BCUT2D eigenvalue weighted by Gasteiger charge is 2.30. The summed E-state index contributed by atoms with van der Waals surface area (Å²) in [6.45, 7) is 0. The van der Waals surface area contributed by atoms with Crippen LogP contribution >= 0.6 is 11.8 Å². The predicted molar refractivity (Wildman–Crippen MR) is 73.7 cm³/mol. The lowest BCUT2D eigenvalue weighted by Crippen LogP contribution is -2.51. The van der Waals surface area contributed by atoms with Gasteiger partial charge < -0.3 is 26.6 Å². The first-order valence-electron chi connectivity index (χ1n) is 6.20. The molecular formula is C11H17N3O6S. The lowest BCUT2D eigenvalue weighted by molar-refractivity contribution is -0.141. The van der Waals surface area contributed by atoms with Gasteiger partial charge in [-0.2, -0.15) is 11.8 Å². The van der Waals surface area contributed by atoms with Gasteiger partial charge in [-0.1, -0.05) is 0 Å². The topological polar surface area (TPSA) is 159 Å². The van der Waals surface area contributed by atoms with Gasteiger partial charge in [0.05, 0.1) is 0 Å². The number of hydrogen-bond donors (Lipinski definition) is 5. The van der Waals surface area contributed by atoms with Gasteiger partial charge in [-0.25, -0.2) is 4.79 Å². The van der Waals surface area contributed by atoms with Crippen LogP contribution in [0.5, 0.6) is 0 Å². The first-order valence-corrected chi connectivity index (χ1v) is 7.35. The molecule has 1 fully saturated rings. The highest BCUT2D eigenvalue weighted by atomic mass is 32.2. The van der Waals surface area contributed by atoms with E-state index in [1.54, 1.807) is 0 Å². The van der Waals surface area contributed by atoms with Gasteiger partial charge in [-0.3, -0.25) is 14.4 Å². The van der Waals surface area contributed by atoms with Gasteiger partial charge >= 0.3 is 11.9 Å². The van der Waals surface area contributed by atoms with Gasteiger partial charge in [0.2, 0.25) is 11.8 Å². The predicted octanol–water partition coefficient (Wildman–Crippen LogP) is -2.02. The highest BCUT2D eigenvalue weighted by molar-refractivity contribution is 7.99. The van der Waals surface area contributed by atoms with Crippen molar-refractivity contribution < 1.29 is 29.4 Å². The van der Waals surface area contributed by atoms with E-state index >= 15 is 0 Å². The molecule has 0 spiro atoms. The van der Waals surface area contributed by atoms with E-state index in [2.05, 4.69) is 10.6 Å². The van der Waals surface area contributed by atoms with Crippen LogP contribution in [0.25, 0.3) is 0 Å². The summed E-state index contributed by atoms with van der Waals surface area (Å²) in [7, 11) is 0. The molecule has 0 radical (unpaired) electrons. The van der Waals surface area contributed by atoms with Gasteiger partial charge in [0.1, 0.15) is 18.1 Å². The van der Waals surface area contributed by atoms with Gasteiger partial charge in [-0.15, -0.1) is 0 Å². The van der Waals surface area contributed by atoms with Crippen LogP contribution in [0, 0.1) is 0 Å². The molecule has 1 saturated heterocycles. The van der Waals surface area contributed by atoms with E-state index in [1.807, 2.05) is 0 Å². The van der Waals surface area contributed by atoms with Gasteiger partial charge in [0.15, 0.2) is 0 Å². The SMILES string of the molecule is N[C@@H](CCC(=O)N[C@H]1CSC[C@@H](C(=O)O)NC1=O)C(=O)O. The summed E-state index contributed by atoms with van der Waals surface area (Å²) in [4.78, 5) is 44.8. The van der Waals surface area contributed by atoms with Crippen molar-refractivity contribution in [2.75, 3.05) is 11.5 Å². The Bertz CT molecular complexity index is 444. The number of aliphatic carboxylic acids is 2. The number of carbonyl (C=O) groups is 4. The monoisotopic (exact) mass is 319 g/mol. The van der Waals surface area contributed by atoms with E-state index in [0.717, 1.165) is 0 Å². The molecule has 0 saturated carbocycles. The van der Waals surface area contributed by atoms with Crippen molar-refractivity contribution in [1.29, 1.82) is 0 Å². The summed E-state index contributed by atoms with van der Waals surface area (Å²) in [5.74, 6) is -2.92. The van der Waals surface area contributed by atoms with Crippen LogP contribution in [0.2, 0.25) is 0 Å². The molecule has 3 atom stereocenters. The Morgan fingerprint density at radius 1 is 1.38 bits per heavy atom. The quantitative estimate of drug-likeness (QED) is 0.375. The lowest BCUT2D eigenvalue weighted by Gasteiger charge is -2.16. The molecule has 2 amide bonds. The summed E-state index contributed by atoms with van der Waals surface area (Å²) in [5.41, 5.74) is 5.27. The summed E-state index contributed by atoms with van der Waals surface area (Å²) in [5, 5.41) is 22.2. The average Bonchev–Trinajstić information content (AvgIpc) is 2.58. The minimum atomic E-state index is -1.20. The first kappa shape index (κ1) is 17.2. The van der Waals surface area contributed by atoms with Crippen LogP contribution < -0.4 is 16.4 Å². The average molecular weight is 319 g/mol. The number of nitrogens with two attached hydrogens (primary N) is 1. The maximum absolute atomic E-state index is 11.8. The number of rotatable bonds is 6. The zero-order valence-electron chi connectivity index (χ0n) is 11.1. The Kier molecular flexibility index (Phi) is 6.43. The molecule has 118 valence electrons. The zero-order chi connectivity index (χ0) is 16.0. The fourth-order valence-electron chi connectivity index (χ4n) is 1.61. The summed E-state index contributed by atoms with van der Waals surface area (Å²) < 4.78 is 0. The number of hydrogen-bond acceptors (Lipinski definition) is 6. The fourth-order valence-corrected chi connectivity index (χ4v) is 2.68. The van der Waals surface area contributed by atoms with Crippen LogP contribution in [0.15, 0.2) is 0 Å². The molecular weight excluding hydrogens is 302 g/mol. The molecule has 6 N–H and O–H groups in total. The highest BCUT2D eigenvalue weighted by Crippen LogP contribution is 2.11. The van der Waals surface area contributed by atoms with Crippen LogP contribution in [-0.4, -0.2) is 63.6 Å². The second-order valence-corrected chi connectivity index (χ2v) is 5.62. The molecule has 1 rings (SSSR count). The molecule has 0 aromatic carbocycles. The first-order chi connectivity index (χ1) is 9.81. The molecule has 0 aromatic rings. The van der Waals surface area contributed by atoms with Crippen molar-refractivity contribution in [3.8, 4) is 0 Å². The molecule has 10 heteroatoms. The Morgan fingerprint density at radius 3 is 2.62 bits per heavy atom.